The van der Waals surface area contributed by atoms with Gasteiger partial charge in [-0.3, -0.25) is 4.79 Å². The van der Waals surface area contributed by atoms with Gasteiger partial charge in [0.05, 0.1) is 34.3 Å². The number of carbonyl (C=O) groups is 1. The van der Waals surface area contributed by atoms with Crippen LogP contribution in [0.1, 0.15) is 18.9 Å². The monoisotopic (exact) mass is 565 g/mol. The largest absolute Gasteiger partial charge is 0.476 e. The van der Waals surface area contributed by atoms with Crippen molar-refractivity contribution in [2.45, 2.75) is 24.8 Å². The predicted molar refractivity (Wildman–Crippen MR) is 149 cm³/mol. The van der Waals surface area contributed by atoms with Crippen molar-refractivity contribution < 1.29 is 22.3 Å². The van der Waals surface area contributed by atoms with Crippen LogP contribution in [0, 0.1) is 11.7 Å². The third-order valence-corrected chi connectivity index (χ3v) is 7.38. The first-order valence-electron chi connectivity index (χ1n) is 12.7. The van der Waals surface area contributed by atoms with E-state index in [1.807, 2.05) is 6.92 Å². The lowest BCUT2D eigenvalue weighted by Crippen LogP contribution is -2.25. The summed E-state index contributed by atoms with van der Waals surface area (Å²) in [5.74, 6) is -0.380. The van der Waals surface area contributed by atoms with Gasteiger partial charge in [-0.25, -0.2) is 27.9 Å². The summed E-state index contributed by atoms with van der Waals surface area (Å²) < 4.78 is 43.6. The Kier molecular flexibility index (Phi) is 7.87. The van der Waals surface area contributed by atoms with E-state index in [1.54, 1.807) is 30.3 Å². The molecule has 1 saturated heterocycles. The summed E-state index contributed by atoms with van der Waals surface area (Å²) in [6.07, 6.45) is 0.725. The average Bonchev–Trinajstić information content (AvgIpc) is 3.48. The van der Waals surface area contributed by atoms with E-state index >= 15 is 0 Å². The number of hydrogen-bond acceptors (Lipinski definition) is 9. The summed E-state index contributed by atoms with van der Waals surface area (Å²) in [6, 6.07) is 14.2. The van der Waals surface area contributed by atoms with Gasteiger partial charge in [0, 0.05) is 18.7 Å². The van der Waals surface area contributed by atoms with Crippen LogP contribution >= 0.6 is 0 Å². The molecule has 1 aliphatic rings. The normalized spacial score (nSPS) is 15.2. The summed E-state index contributed by atoms with van der Waals surface area (Å²) in [6.45, 7) is 3.85. The van der Waals surface area contributed by atoms with Crippen molar-refractivity contribution >= 4 is 38.6 Å². The number of hydrogen-bond donors (Lipinski definition) is 4. The zero-order valence-electron chi connectivity index (χ0n) is 21.6. The number of primary sulfonamides is 1. The molecule has 1 atom stereocenters. The fraction of sp³-hybridized carbons (Fsp3) is 0.259. The Morgan fingerprint density at radius 2 is 1.93 bits per heavy atom. The van der Waals surface area contributed by atoms with Gasteiger partial charge < -0.3 is 20.7 Å². The van der Waals surface area contributed by atoms with Gasteiger partial charge in [-0.05, 0) is 61.9 Å². The molecule has 0 radical (unpaired) electrons. The first-order chi connectivity index (χ1) is 19.2. The smallest absolute Gasteiger partial charge is 0.245 e. The molecule has 11 nitrogen and oxygen atoms in total. The minimum absolute atomic E-state index is 0.0274. The highest BCUT2D eigenvalue weighted by atomic mass is 32.2. The second-order valence-electron chi connectivity index (χ2n) is 9.27. The van der Waals surface area contributed by atoms with Crippen LogP contribution in [-0.4, -0.2) is 49.0 Å². The molecule has 1 aliphatic heterocycles. The van der Waals surface area contributed by atoms with Crippen LogP contribution in [0.4, 0.5) is 16.0 Å². The van der Waals surface area contributed by atoms with Crippen molar-refractivity contribution in [2.75, 3.05) is 30.3 Å². The maximum Gasteiger partial charge on any atom is 0.245 e. The van der Waals surface area contributed by atoms with E-state index in [1.165, 1.54) is 24.3 Å². The van der Waals surface area contributed by atoms with Crippen molar-refractivity contribution in [3.63, 3.8) is 0 Å². The van der Waals surface area contributed by atoms with Crippen LogP contribution in [0.15, 0.2) is 59.5 Å². The van der Waals surface area contributed by atoms with Crippen molar-refractivity contribution in [1.82, 2.24) is 20.3 Å². The minimum Gasteiger partial charge on any atom is -0.476 e. The standard InChI is InChI=1S/C27H28FN7O4S/c1-2-39-26-24-23(34-27(35-26)31-14-16-3-6-19(7-4-16)40(29,37)38)10-9-21(32-24)17-5-8-22(20(28)13-17)33-25(36)18-11-12-30-15-18/h3-10,13,18,30H,2,11-12,14-15H2,1H3,(H,33,36)(H2,29,37,38)(H,31,34,35)/t18-/m0/s1. The van der Waals surface area contributed by atoms with Gasteiger partial charge in [-0.1, -0.05) is 18.2 Å². The molecule has 2 aromatic heterocycles. The zero-order valence-corrected chi connectivity index (χ0v) is 22.5. The fourth-order valence-electron chi connectivity index (χ4n) is 4.33. The molecular formula is C27H28FN7O4S. The fourth-order valence-corrected chi connectivity index (χ4v) is 4.85. The molecule has 4 aromatic rings. The first-order valence-corrected chi connectivity index (χ1v) is 14.2. The Bertz CT molecular complexity index is 1660. The van der Waals surface area contributed by atoms with Crippen LogP contribution in [-0.2, 0) is 21.4 Å². The van der Waals surface area contributed by atoms with Crippen LogP contribution in [0.25, 0.3) is 22.3 Å². The molecule has 3 heterocycles. The minimum atomic E-state index is -3.77. The summed E-state index contributed by atoms with van der Waals surface area (Å²) in [5.41, 5.74) is 2.86. The molecule has 40 heavy (non-hydrogen) atoms. The van der Waals surface area contributed by atoms with Gasteiger partial charge in [0.25, 0.3) is 0 Å². The Morgan fingerprint density at radius 3 is 2.60 bits per heavy atom. The molecule has 1 fully saturated rings. The number of ether oxygens (including phenoxy) is 1. The van der Waals surface area contributed by atoms with Gasteiger partial charge >= 0.3 is 0 Å². The Morgan fingerprint density at radius 1 is 1.12 bits per heavy atom. The third-order valence-electron chi connectivity index (χ3n) is 6.45. The van der Waals surface area contributed by atoms with E-state index < -0.39 is 15.8 Å². The number of nitrogens with two attached hydrogens (primary N) is 1. The number of nitrogens with zero attached hydrogens (tertiary/aromatic N) is 3. The number of halogens is 1. The van der Waals surface area contributed by atoms with E-state index in [2.05, 4.69) is 30.9 Å². The number of nitrogens with one attached hydrogen (secondary N) is 3. The summed E-state index contributed by atoms with van der Waals surface area (Å²) >= 11 is 0. The van der Waals surface area contributed by atoms with Crippen LogP contribution < -0.4 is 25.8 Å². The number of fused-ring (bicyclic) bond motifs is 1. The van der Waals surface area contributed by atoms with E-state index in [0.717, 1.165) is 18.5 Å². The molecular weight excluding hydrogens is 537 g/mol. The molecule has 0 bridgehead atoms. The molecule has 0 unspecified atom stereocenters. The molecule has 208 valence electrons. The SMILES string of the molecule is CCOc1nc(NCc2ccc(S(N)(=O)=O)cc2)nc2ccc(-c3ccc(NC(=O)[C@H]4CCNC4)c(F)c3)nc12. The van der Waals surface area contributed by atoms with Crippen molar-refractivity contribution in [3.05, 3.63) is 66.0 Å². The van der Waals surface area contributed by atoms with Gasteiger partial charge in [0.2, 0.25) is 27.8 Å². The van der Waals surface area contributed by atoms with Gasteiger partial charge in [0.15, 0.2) is 5.52 Å². The summed E-state index contributed by atoms with van der Waals surface area (Å²) in [7, 11) is -3.77. The first kappa shape index (κ1) is 27.4. The molecule has 5 rings (SSSR count). The number of benzene rings is 2. The highest BCUT2D eigenvalue weighted by Crippen LogP contribution is 2.29. The average molecular weight is 566 g/mol. The lowest BCUT2D eigenvalue weighted by molar-refractivity contribution is -0.119. The highest BCUT2D eigenvalue weighted by Gasteiger charge is 2.23. The number of sulfonamides is 1. The van der Waals surface area contributed by atoms with Crippen molar-refractivity contribution in [2.24, 2.45) is 11.1 Å². The van der Waals surface area contributed by atoms with E-state index in [-0.39, 0.29) is 28.3 Å². The lowest BCUT2D eigenvalue weighted by Gasteiger charge is -2.13. The Labute approximate surface area is 230 Å². The van der Waals surface area contributed by atoms with Gasteiger partial charge in [-0.2, -0.15) is 4.98 Å². The lowest BCUT2D eigenvalue weighted by atomic mass is 10.1. The maximum atomic E-state index is 14.9. The van der Waals surface area contributed by atoms with Crippen molar-refractivity contribution in [1.29, 1.82) is 0 Å². The number of pyridine rings is 1. The predicted octanol–water partition coefficient (Wildman–Crippen LogP) is 3.04. The molecule has 13 heteroatoms. The van der Waals surface area contributed by atoms with Crippen molar-refractivity contribution in [3.8, 4) is 17.1 Å². The van der Waals surface area contributed by atoms with Crippen LogP contribution in [0.3, 0.4) is 0 Å². The molecule has 2 aromatic carbocycles. The quantitative estimate of drug-likeness (QED) is 0.239. The number of amides is 1. The van der Waals surface area contributed by atoms with E-state index in [4.69, 9.17) is 9.88 Å². The topological polar surface area (TPSA) is 161 Å². The molecule has 1 amide bonds. The molecule has 0 saturated carbocycles. The zero-order chi connectivity index (χ0) is 28.3. The Hall–Kier alpha value is -4.20. The summed E-state index contributed by atoms with van der Waals surface area (Å²) in [4.78, 5) is 26.0. The van der Waals surface area contributed by atoms with Crippen LogP contribution in [0.2, 0.25) is 0 Å². The second-order valence-corrected chi connectivity index (χ2v) is 10.8. The highest BCUT2D eigenvalue weighted by molar-refractivity contribution is 7.89. The molecule has 5 N–H and O–H groups in total. The molecule has 0 spiro atoms. The van der Waals surface area contributed by atoms with Gasteiger partial charge in [-0.15, -0.1) is 0 Å². The van der Waals surface area contributed by atoms with Gasteiger partial charge in [0.1, 0.15) is 5.82 Å². The number of carbonyl (C=O) groups excluding carboxylic acids is 1. The van der Waals surface area contributed by atoms with Crippen LogP contribution in [0.5, 0.6) is 5.88 Å². The number of anilines is 2. The maximum absolute atomic E-state index is 14.9. The number of rotatable bonds is 9. The van der Waals surface area contributed by atoms with E-state index in [0.29, 0.717) is 47.9 Å². The van der Waals surface area contributed by atoms with E-state index in [9.17, 15) is 17.6 Å². The summed E-state index contributed by atoms with van der Waals surface area (Å²) in [5, 5.41) is 14.1. The Balaban J connectivity index is 1.36. The second kappa shape index (κ2) is 11.5. The third kappa shape index (κ3) is 6.17. The number of aromatic nitrogens is 3. The molecule has 0 aliphatic carbocycles.